The van der Waals surface area contributed by atoms with Gasteiger partial charge in [-0.25, -0.2) is 13.1 Å². The van der Waals surface area contributed by atoms with Gasteiger partial charge in [0.05, 0.1) is 10.9 Å². The van der Waals surface area contributed by atoms with Crippen LogP contribution < -0.4 is 4.72 Å². The Bertz CT molecular complexity index is 678. The molecule has 0 spiro atoms. The van der Waals surface area contributed by atoms with Gasteiger partial charge in [0, 0.05) is 11.4 Å². The highest BCUT2D eigenvalue weighted by atomic mass is 32.2. The molecule has 1 aliphatic heterocycles. The van der Waals surface area contributed by atoms with Crippen molar-refractivity contribution in [2.45, 2.75) is 23.8 Å². The van der Waals surface area contributed by atoms with E-state index in [2.05, 4.69) is 15.7 Å². The Labute approximate surface area is 135 Å². The van der Waals surface area contributed by atoms with Crippen LogP contribution in [0.5, 0.6) is 0 Å². The van der Waals surface area contributed by atoms with Crippen molar-refractivity contribution < 1.29 is 8.42 Å². The molecule has 1 aromatic heterocycles. The van der Waals surface area contributed by atoms with E-state index in [1.165, 1.54) is 17.7 Å². The minimum Gasteiger partial charge on any atom is -0.294 e. The van der Waals surface area contributed by atoms with Crippen molar-refractivity contribution in [3.8, 4) is 0 Å². The molecule has 1 unspecified atom stereocenters. The van der Waals surface area contributed by atoms with Crippen molar-refractivity contribution in [1.29, 1.82) is 0 Å². The van der Waals surface area contributed by atoms with Crippen molar-refractivity contribution in [3.05, 3.63) is 52.7 Å². The number of sulfonamides is 1. The zero-order chi connectivity index (χ0) is 15.4. The molecule has 4 nitrogen and oxygen atoms in total. The van der Waals surface area contributed by atoms with E-state index in [1.54, 1.807) is 35.6 Å². The predicted octanol–water partition coefficient (Wildman–Crippen LogP) is 2.86. The average molecular weight is 336 g/mol. The molecule has 6 heteroatoms. The molecular weight excluding hydrogens is 316 g/mol. The van der Waals surface area contributed by atoms with E-state index >= 15 is 0 Å². The third kappa shape index (κ3) is 3.57. The number of benzene rings is 1. The van der Waals surface area contributed by atoms with E-state index in [0.717, 1.165) is 13.1 Å². The molecule has 118 valence electrons. The molecule has 0 radical (unpaired) electrons. The van der Waals surface area contributed by atoms with Crippen molar-refractivity contribution in [2.24, 2.45) is 0 Å². The Morgan fingerprint density at radius 2 is 1.82 bits per heavy atom. The standard InChI is InChI=1S/C16H20N2O2S2/c19-22(20,14-7-2-1-3-8-14)17-13-15(16-9-6-12-21-16)18-10-4-5-11-18/h1-3,6-9,12,15,17H,4-5,10-11,13H2. The molecule has 1 aliphatic rings. The van der Waals surface area contributed by atoms with E-state index < -0.39 is 10.0 Å². The van der Waals surface area contributed by atoms with E-state index in [9.17, 15) is 8.42 Å². The number of rotatable bonds is 6. The molecule has 22 heavy (non-hydrogen) atoms. The summed E-state index contributed by atoms with van der Waals surface area (Å²) in [5.74, 6) is 0. The Morgan fingerprint density at radius 3 is 2.45 bits per heavy atom. The van der Waals surface area contributed by atoms with Crippen LogP contribution in [0.25, 0.3) is 0 Å². The fourth-order valence-corrected chi connectivity index (χ4v) is 4.74. The number of hydrogen-bond donors (Lipinski definition) is 1. The number of likely N-dealkylation sites (tertiary alicyclic amines) is 1. The van der Waals surface area contributed by atoms with Crippen LogP contribution in [0, 0.1) is 0 Å². The number of nitrogens with zero attached hydrogens (tertiary/aromatic N) is 1. The van der Waals surface area contributed by atoms with Gasteiger partial charge in [0.15, 0.2) is 0 Å². The Balaban J connectivity index is 1.74. The highest BCUT2D eigenvalue weighted by molar-refractivity contribution is 7.89. The van der Waals surface area contributed by atoms with Crippen molar-refractivity contribution in [1.82, 2.24) is 9.62 Å². The molecule has 0 bridgehead atoms. The summed E-state index contributed by atoms with van der Waals surface area (Å²) in [7, 11) is -3.45. The quantitative estimate of drug-likeness (QED) is 0.882. The Hall–Kier alpha value is -1.21. The minimum atomic E-state index is -3.45. The number of thiophene rings is 1. The molecular formula is C16H20N2O2S2. The van der Waals surface area contributed by atoms with E-state index in [-0.39, 0.29) is 6.04 Å². The average Bonchev–Trinajstić information content (AvgIpc) is 3.22. The predicted molar refractivity (Wildman–Crippen MR) is 89.5 cm³/mol. The zero-order valence-corrected chi connectivity index (χ0v) is 13.9. The largest absolute Gasteiger partial charge is 0.294 e. The molecule has 1 aromatic carbocycles. The highest BCUT2D eigenvalue weighted by Crippen LogP contribution is 2.28. The third-order valence-corrected chi connectivity index (χ3v) is 6.39. The van der Waals surface area contributed by atoms with Crippen LogP contribution in [-0.4, -0.2) is 33.0 Å². The van der Waals surface area contributed by atoms with Gasteiger partial charge in [-0.1, -0.05) is 24.3 Å². The molecule has 0 amide bonds. The van der Waals surface area contributed by atoms with E-state index in [4.69, 9.17) is 0 Å². The van der Waals surface area contributed by atoms with Crippen LogP contribution in [0.15, 0.2) is 52.7 Å². The lowest BCUT2D eigenvalue weighted by Gasteiger charge is -2.26. The highest BCUT2D eigenvalue weighted by Gasteiger charge is 2.26. The van der Waals surface area contributed by atoms with Crippen molar-refractivity contribution in [3.63, 3.8) is 0 Å². The van der Waals surface area contributed by atoms with Crippen molar-refractivity contribution in [2.75, 3.05) is 19.6 Å². The van der Waals surface area contributed by atoms with Crippen LogP contribution in [0.3, 0.4) is 0 Å². The lowest BCUT2D eigenvalue weighted by atomic mass is 10.2. The zero-order valence-electron chi connectivity index (χ0n) is 12.3. The molecule has 2 aromatic rings. The lowest BCUT2D eigenvalue weighted by molar-refractivity contribution is 0.250. The maximum Gasteiger partial charge on any atom is 0.240 e. The number of hydrogen-bond acceptors (Lipinski definition) is 4. The summed E-state index contributed by atoms with van der Waals surface area (Å²) in [4.78, 5) is 3.92. The fourth-order valence-electron chi connectivity index (χ4n) is 2.82. The Kier molecular flexibility index (Phi) is 4.93. The smallest absolute Gasteiger partial charge is 0.240 e. The van der Waals surface area contributed by atoms with Gasteiger partial charge in [0.2, 0.25) is 10.0 Å². The summed E-state index contributed by atoms with van der Waals surface area (Å²) >= 11 is 1.69. The fraction of sp³-hybridized carbons (Fsp3) is 0.375. The Morgan fingerprint density at radius 1 is 1.09 bits per heavy atom. The first kappa shape index (κ1) is 15.7. The van der Waals surface area contributed by atoms with Crippen LogP contribution >= 0.6 is 11.3 Å². The first-order chi connectivity index (χ1) is 10.7. The second-order valence-corrected chi connectivity index (χ2v) is 8.19. The molecule has 1 saturated heterocycles. The van der Waals surface area contributed by atoms with Gasteiger partial charge in [-0.3, -0.25) is 4.90 Å². The number of nitrogens with one attached hydrogen (secondary N) is 1. The first-order valence-corrected chi connectivity index (χ1v) is 9.85. The van der Waals surface area contributed by atoms with Gasteiger partial charge in [-0.05, 0) is 49.5 Å². The van der Waals surface area contributed by atoms with Gasteiger partial charge in [-0.2, -0.15) is 0 Å². The maximum absolute atomic E-state index is 12.4. The normalized spacial score (nSPS) is 17.6. The second kappa shape index (κ2) is 6.91. The molecule has 0 aliphatic carbocycles. The van der Waals surface area contributed by atoms with Crippen LogP contribution in [-0.2, 0) is 10.0 Å². The maximum atomic E-state index is 12.4. The SMILES string of the molecule is O=S(=O)(NCC(c1cccs1)N1CCCC1)c1ccccc1. The summed E-state index contributed by atoms with van der Waals surface area (Å²) in [5, 5.41) is 2.05. The minimum absolute atomic E-state index is 0.126. The van der Waals surface area contributed by atoms with Crippen molar-refractivity contribution >= 4 is 21.4 Å². The lowest BCUT2D eigenvalue weighted by Crippen LogP contribution is -2.36. The summed E-state index contributed by atoms with van der Waals surface area (Å²) in [6.45, 7) is 2.49. The van der Waals surface area contributed by atoms with Gasteiger partial charge in [-0.15, -0.1) is 11.3 Å². The second-order valence-electron chi connectivity index (χ2n) is 5.44. The summed E-state index contributed by atoms with van der Waals surface area (Å²) in [6.07, 6.45) is 2.38. The van der Waals surface area contributed by atoms with Crippen LogP contribution in [0.4, 0.5) is 0 Å². The molecule has 3 rings (SSSR count). The van der Waals surface area contributed by atoms with Gasteiger partial charge < -0.3 is 0 Å². The van der Waals surface area contributed by atoms with Gasteiger partial charge >= 0.3 is 0 Å². The summed E-state index contributed by atoms with van der Waals surface area (Å²) in [5.41, 5.74) is 0. The molecule has 1 fully saturated rings. The van der Waals surface area contributed by atoms with E-state index in [0.29, 0.717) is 11.4 Å². The summed E-state index contributed by atoms with van der Waals surface area (Å²) < 4.78 is 27.6. The monoisotopic (exact) mass is 336 g/mol. The first-order valence-electron chi connectivity index (χ1n) is 7.49. The van der Waals surface area contributed by atoms with E-state index in [1.807, 2.05) is 17.5 Å². The molecule has 2 heterocycles. The molecule has 0 saturated carbocycles. The topological polar surface area (TPSA) is 49.4 Å². The van der Waals surface area contributed by atoms with Crippen LogP contribution in [0.2, 0.25) is 0 Å². The van der Waals surface area contributed by atoms with Gasteiger partial charge in [0.25, 0.3) is 0 Å². The summed E-state index contributed by atoms with van der Waals surface area (Å²) in [6, 6.07) is 12.8. The molecule has 1 N–H and O–H groups in total. The molecule has 1 atom stereocenters. The van der Waals surface area contributed by atoms with Gasteiger partial charge in [0.1, 0.15) is 0 Å². The third-order valence-electron chi connectivity index (χ3n) is 3.97. The van der Waals surface area contributed by atoms with Crippen LogP contribution in [0.1, 0.15) is 23.8 Å².